The summed E-state index contributed by atoms with van der Waals surface area (Å²) >= 11 is 0. The summed E-state index contributed by atoms with van der Waals surface area (Å²) in [5, 5.41) is 0. The maximum atomic E-state index is 12.8. The Kier molecular flexibility index (Phi) is 13.6. The zero-order chi connectivity index (χ0) is 17.8. The van der Waals surface area contributed by atoms with Crippen molar-refractivity contribution in [2.45, 2.75) is 45.3 Å². The molecule has 0 spiro atoms. The van der Waals surface area contributed by atoms with Crippen molar-refractivity contribution in [1.29, 1.82) is 0 Å². The van der Waals surface area contributed by atoms with E-state index in [4.69, 9.17) is 10.5 Å². The highest BCUT2D eigenvalue weighted by molar-refractivity contribution is 5.86. The molecule has 1 saturated carbocycles. The van der Waals surface area contributed by atoms with E-state index >= 15 is 0 Å². The van der Waals surface area contributed by atoms with Crippen molar-refractivity contribution >= 4 is 43.1 Å². The third kappa shape index (κ3) is 7.15. The van der Waals surface area contributed by atoms with Crippen molar-refractivity contribution in [3.8, 4) is 0 Å². The Balaban J connectivity index is 0.00000243. The zero-order valence-corrected chi connectivity index (χ0v) is 19.7. The number of carbonyl (C=O) groups is 1. The molecule has 0 bridgehead atoms. The quantitative estimate of drug-likeness (QED) is 0.677. The Bertz CT molecular complexity index is 451. The van der Waals surface area contributed by atoms with Gasteiger partial charge in [-0.25, -0.2) is 0 Å². The van der Waals surface area contributed by atoms with Crippen LogP contribution in [0.5, 0.6) is 0 Å². The average molecular weight is 462 g/mol. The van der Waals surface area contributed by atoms with Gasteiger partial charge in [0.05, 0.1) is 12.7 Å². The fourth-order valence-electron chi connectivity index (χ4n) is 4.64. The van der Waals surface area contributed by atoms with Crippen LogP contribution in [-0.4, -0.2) is 91.7 Å². The molecule has 0 aromatic carbocycles. The van der Waals surface area contributed by atoms with E-state index in [1.165, 1.54) is 0 Å². The van der Waals surface area contributed by atoms with E-state index in [-0.39, 0.29) is 43.1 Å². The summed E-state index contributed by atoms with van der Waals surface area (Å²) in [7, 11) is 0. The Morgan fingerprint density at radius 1 is 1.07 bits per heavy atom. The highest BCUT2D eigenvalue weighted by Crippen LogP contribution is 2.32. The van der Waals surface area contributed by atoms with E-state index in [1.807, 2.05) is 0 Å². The number of nitrogens with two attached hydrogens (primary N) is 1. The Labute approximate surface area is 189 Å². The molecule has 9 heteroatoms. The first-order chi connectivity index (χ1) is 12.1. The van der Waals surface area contributed by atoms with Gasteiger partial charge in [-0.05, 0) is 39.2 Å². The molecule has 2 saturated heterocycles. The lowest BCUT2D eigenvalue weighted by Gasteiger charge is -2.41. The van der Waals surface area contributed by atoms with E-state index in [9.17, 15) is 4.79 Å². The number of morpholine rings is 1. The molecule has 3 fully saturated rings. The van der Waals surface area contributed by atoms with Gasteiger partial charge in [-0.2, -0.15) is 0 Å². The van der Waals surface area contributed by atoms with E-state index in [2.05, 4.69) is 28.5 Å². The van der Waals surface area contributed by atoms with Crippen LogP contribution in [0.15, 0.2) is 0 Å². The summed E-state index contributed by atoms with van der Waals surface area (Å²) in [6.07, 6.45) is 3.61. The molecule has 1 amide bonds. The Morgan fingerprint density at radius 2 is 1.75 bits per heavy atom. The average Bonchev–Trinajstić information content (AvgIpc) is 3.10. The molecule has 2 heterocycles. The molecule has 2 aliphatic heterocycles. The summed E-state index contributed by atoms with van der Waals surface area (Å²) in [6, 6.07) is 0.586. The van der Waals surface area contributed by atoms with Crippen LogP contribution in [0.3, 0.4) is 0 Å². The monoisotopic (exact) mass is 460 g/mol. The van der Waals surface area contributed by atoms with Crippen molar-refractivity contribution in [2.75, 3.05) is 59.0 Å². The molecule has 1 aliphatic carbocycles. The van der Waals surface area contributed by atoms with Crippen LogP contribution in [0.25, 0.3) is 0 Å². The highest BCUT2D eigenvalue weighted by Gasteiger charge is 2.36. The van der Waals surface area contributed by atoms with Crippen LogP contribution >= 0.6 is 37.2 Å². The minimum Gasteiger partial charge on any atom is -0.374 e. The number of nitrogens with zero attached hydrogens (tertiary/aromatic N) is 3. The van der Waals surface area contributed by atoms with Crippen LogP contribution in [0.4, 0.5) is 0 Å². The van der Waals surface area contributed by atoms with Gasteiger partial charge in [0.15, 0.2) is 0 Å². The third-order valence-electron chi connectivity index (χ3n) is 6.33. The first-order valence-corrected chi connectivity index (χ1v) is 10.2. The summed E-state index contributed by atoms with van der Waals surface area (Å²) in [6.45, 7) is 12.7. The van der Waals surface area contributed by atoms with Crippen molar-refractivity contribution < 1.29 is 9.53 Å². The Morgan fingerprint density at radius 3 is 2.36 bits per heavy atom. The second kappa shape index (κ2) is 13.5. The van der Waals surface area contributed by atoms with Gasteiger partial charge < -0.3 is 15.4 Å². The number of piperazine rings is 1. The van der Waals surface area contributed by atoms with Gasteiger partial charge in [0, 0.05) is 57.8 Å². The van der Waals surface area contributed by atoms with Gasteiger partial charge >= 0.3 is 0 Å². The van der Waals surface area contributed by atoms with E-state index in [0.717, 1.165) is 71.7 Å². The number of ether oxygens (including phenoxy) is 1. The molecule has 0 aromatic rings. The van der Waals surface area contributed by atoms with Gasteiger partial charge in [-0.15, -0.1) is 37.2 Å². The van der Waals surface area contributed by atoms with Crippen LogP contribution < -0.4 is 5.73 Å². The molecule has 2 N–H and O–H groups in total. The SMILES string of the molecule is CC(C)N1CCOC(CN2CCN(C(=O)[C@@H]3CCC[C@@H]3CN)CC2)C1.Cl.Cl.Cl. The zero-order valence-electron chi connectivity index (χ0n) is 17.3. The van der Waals surface area contributed by atoms with Crippen molar-refractivity contribution in [1.82, 2.24) is 14.7 Å². The second-order valence-corrected chi connectivity index (χ2v) is 8.24. The molecular formula is C19H39Cl3N4O2. The maximum absolute atomic E-state index is 12.8. The molecule has 168 valence electrons. The lowest BCUT2D eigenvalue weighted by atomic mass is 9.94. The largest absolute Gasteiger partial charge is 0.374 e. The molecule has 3 rings (SSSR count). The fraction of sp³-hybridized carbons (Fsp3) is 0.947. The normalized spacial score (nSPS) is 29.0. The lowest BCUT2D eigenvalue weighted by Crippen LogP contribution is -2.55. The third-order valence-corrected chi connectivity index (χ3v) is 6.33. The minimum absolute atomic E-state index is 0. The molecule has 1 unspecified atom stereocenters. The van der Waals surface area contributed by atoms with Crippen LogP contribution in [0, 0.1) is 11.8 Å². The number of halogens is 3. The van der Waals surface area contributed by atoms with Gasteiger partial charge in [0.1, 0.15) is 0 Å². The topological polar surface area (TPSA) is 62.0 Å². The molecule has 0 radical (unpaired) electrons. The lowest BCUT2D eigenvalue weighted by molar-refractivity contribution is -0.138. The molecule has 3 aliphatic rings. The fourth-order valence-corrected chi connectivity index (χ4v) is 4.64. The van der Waals surface area contributed by atoms with Gasteiger partial charge in [0.2, 0.25) is 5.91 Å². The second-order valence-electron chi connectivity index (χ2n) is 8.24. The highest BCUT2D eigenvalue weighted by atomic mass is 35.5. The number of carbonyl (C=O) groups excluding carboxylic acids is 1. The summed E-state index contributed by atoms with van der Waals surface area (Å²) in [5.41, 5.74) is 5.85. The van der Waals surface area contributed by atoms with Crippen LogP contribution in [-0.2, 0) is 9.53 Å². The standard InChI is InChI=1S/C19H36N4O2.3ClH/c1-15(2)23-10-11-25-17(14-23)13-21-6-8-22(9-7-21)19(24)18-5-3-4-16(18)12-20;;;/h15-18H,3-14,20H2,1-2H3;3*1H/t16-,17?,18-;;;/m1.../s1. The molecule has 28 heavy (non-hydrogen) atoms. The van der Waals surface area contributed by atoms with Crippen LogP contribution in [0.2, 0.25) is 0 Å². The minimum atomic E-state index is 0. The summed E-state index contributed by atoms with van der Waals surface area (Å²) in [4.78, 5) is 19.9. The molecule has 6 nitrogen and oxygen atoms in total. The van der Waals surface area contributed by atoms with E-state index in [0.29, 0.717) is 30.5 Å². The summed E-state index contributed by atoms with van der Waals surface area (Å²) < 4.78 is 5.97. The molecule has 0 aromatic heterocycles. The smallest absolute Gasteiger partial charge is 0.226 e. The Hall–Kier alpha value is 0.180. The molecular weight excluding hydrogens is 423 g/mol. The summed E-state index contributed by atoms with van der Waals surface area (Å²) in [5.74, 6) is 0.938. The van der Waals surface area contributed by atoms with Crippen LogP contribution in [0.1, 0.15) is 33.1 Å². The van der Waals surface area contributed by atoms with Crippen molar-refractivity contribution in [2.24, 2.45) is 17.6 Å². The van der Waals surface area contributed by atoms with Gasteiger partial charge in [-0.1, -0.05) is 6.42 Å². The first-order valence-electron chi connectivity index (χ1n) is 10.2. The van der Waals surface area contributed by atoms with Crippen molar-refractivity contribution in [3.05, 3.63) is 0 Å². The predicted octanol–water partition coefficient (Wildman–Crippen LogP) is 1.88. The van der Waals surface area contributed by atoms with Gasteiger partial charge in [-0.3, -0.25) is 14.6 Å². The predicted molar refractivity (Wildman–Crippen MR) is 121 cm³/mol. The maximum Gasteiger partial charge on any atom is 0.226 e. The number of hydrogen-bond acceptors (Lipinski definition) is 5. The van der Waals surface area contributed by atoms with Gasteiger partial charge in [0.25, 0.3) is 0 Å². The first kappa shape index (κ1) is 28.2. The van der Waals surface area contributed by atoms with E-state index in [1.54, 1.807) is 0 Å². The van der Waals surface area contributed by atoms with Crippen molar-refractivity contribution in [3.63, 3.8) is 0 Å². The number of amides is 1. The molecule has 3 atom stereocenters. The van der Waals surface area contributed by atoms with E-state index < -0.39 is 0 Å². The number of hydrogen-bond donors (Lipinski definition) is 1. The number of rotatable bonds is 5.